The molecule has 3 rings (SSSR count). The minimum absolute atomic E-state index is 0.416. The maximum Gasteiger partial charge on any atom is 0.198 e. The van der Waals surface area contributed by atoms with Gasteiger partial charge in [0.15, 0.2) is 11.7 Å². The second-order valence-corrected chi connectivity index (χ2v) is 2.94. The Morgan fingerprint density at radius 2 is 2.38 bits per heavy atom. The highest BCUT2D eigenvalue weighted by Gasteiger charge is 2.15. The Balaban J connectivity index is 2.35. The van der Waals surface area contributed by atoms with Crippen LogP contribution >= 0.6 is 0 Å². The molecule has 1 aromatic heterocycles. The number of nitrogen functional groups attached to an aromatic ring is 1. The molecule has 5 heteroatoms. The fourth-order valence-corrected chi connectivity index (χ4v) is 1.45. The van der Waals surface area contributed by atoms with Gasteiger partial charge in [0.25, 0.3) is 0 Å². The summed E-state index contributed by atoms with van der Waals surface area (Å²) in [5, 5.41) is 0. The van der Waals surface area contributed by atoms with Crippen LogP contribution in [-0.4, -0.2) is 9.97 Å². The van der Waals surface area contributed by atoms with E-state index in [2.05, 4.69) is 9.97 Å². The van der Waals surface area contributed by atoms with Gasteiger partial charge < -0.3 is 15.6 Å². The van der Waals surface area contributed by atoms with Crippen LogP contribution in [0.5, 0.6) is 5.75 Å². The van der Waals surface area contributed by atoms with E-state index in [4.69, 9.17) is 15.5 Å². The van der Waals surface area contributed by atoms with Crippen LogP contribution in [0.25, 0.3) is 11.0 Å². The van der Waals surface area contributed by atoms with Crippen molar-refractivity contribution in [1.29, 1.82) is 0 Å². The van der Waals surface area contributed by atoms with Crippen LogP contribution in [0, 0.1) is 0 Å². The first-order valence-corrected chi connectivity index (χ1v) is 3.90. The van der Waals surface area contributed by atoms with Crippen molar-refractivity contribution < 1.29 is 9.78 Å². The number of nitrogens with one attached hydrogen (secondary N) is 1. The Morgan fingerprint density at radius 3 is 3.31 bits per heavy atom. The largest absolute Gasteiger partial charge is 0.369 e. The van der Waals surface area contributed by atoms with Crippen molar-refractivity contribution in [2.24, 2.45) is 0 Å². The lowest BCUT2D eigenvalue weighted by Crippen LogP contribution is -1.84. The number of H-pyrrole nitrogens is 1. The number of nitrogens with two attached hydrogens (primary N) is 1. The predicted octanol–water partition coefficient (Wildman–Crippen LogP) is 0.969. The van der Waals surface area contributed by atoms with E-state index in [1.807, 2.05) is 12.1 Å². The molecule has 0 atom stereocenters. The van der Waals surface area contributed by atoms with Crippen LogP contribution in [0.1, 0.15) is 5.56 Å². The van der Waals surface area contributed by atoms with Gasteiger partial charge in [-0.15, -0.1) is 0 Å². The van der Waals surface area contributed by atoms with Crippen molar-refractivity contribution in [2.75, 3.05) is 5.73 Å². The Kier molecular flexibility index (Phi) is 1.11. The van der Waals surface area contributed by atoms with Gasteiger partial charge in [-0.3, -0.25) is 0 Å². The zero-order chi connectivity index (χ0) is 8.84. The topological polar surface area (TPSA) is 73.2 Å². The highest BCUT2D eigenvalue weighted by atomic mass is 17.2. The number of hydrogen-bond acceptors (Lipinski definition) is 4. The summed E-state index contributed by atoms with van der Waals surface area (Å²) < 4.78 is 0. The third-order valence-corrected chi connectivity index (χ3v) is 2.05. The highest BCUT2D eigenvalue weighted by Crippen LogP contribution is 2.30. The SMILES string of the molecule is Nc1nc2cc3c(cc2[nH]1)COO3. The summed E-state index contributed by atoms with van der Waals surface area (Å²) in [7, 11) is 0. The molecule has 0 aliphatic carbocycles. The minimum Gasteiger partial charge on any atom is -0.369 e. The summed E-state index contributed by atoms with van der Waals surface area (Å²) in [6, 6.07) is 3.74. The van der Waals surface area contributed by atoms with Crippen LogP contribution in [0.15, 0.2) is 12.1 Å². The second kappa shape index (κ2) is 2.14. The number of aromatic nitrogens is 2. The van der Waals surface area contributed by atoms with E-state index in [1.54, 1.807) is 0 Å². The fraction of sp³-hybridized carbons (Fsp3) is 0.125. The van der Waals surface area contributed by atoms with E-state index in [1.165, 1.54) is 0 Å². The lowest BCUT2D eigenvalue weighted by Gasteiger charge is -1.92. The van der Waals surface area contributed by atoms with Crippen LogP contribution in [0.4, 0.5) is 5.95 Å². The molecule has 0 saturated heterocycles. The summed E-state index contributed by atoms with van der Waals surface area (Å²) in [6.45, 7) is 0.476. The Labute approximate surface area is 73.4 Å². The summed E-state index contributed by atoms with van der Waals surface area (Å²) in [5.74, 6) is 1.14. The van der Waals surface area contributed by atoms with Crippen molar-refractivity contribution >= 4 is 17.0 Å². The lowest BCUT2D eigenvalue weighted by molar-refractivity contribution is -0.194. The minimum atomic E-state index is 0.416. The Bertz CT molecular complexity index is 436. The molecule has 1 aliphatic heterocycles. The molecule has 5 nitrogen and oxygen atoms in total. The van der Waals surface area contributed by atoms with E-state index < -0.39 is 0 Å². The van der Waals surface area contributed by atoms with Crippen molar-refractivity contribution in [3.63, 3.8) is 0 Å². The smallest absolute Gasteiger partial charge is 0.198 e. The van der Waals surface area contributed by atoms with E-state index in [9.17, 15) is 0 Å². The zero-order valence-corrected chi connectivity index (χ0v) is 6.70. The number of imidazole rings is 1. The third kappa shape index (κ3) is 0.874. The fourth-order valence-electron chi connectivity index (χ4n) is 1.45. The zero-order valence-electron chi connectivity index (χ0n) is 6.70. The molecule has 13 heavy (non-hydrogen) atoms. The van der Waals surface area contributed by atoms with Gasteiger partial charge in [-0.05, 0) is 6.07 Å². The summed E-state index contributed by atoms with van der Waals surface area (Å²) in [4.78, 5) is 16.8. The summed E-state index contributed by atoms with van der Waals surface area (Å²) in [5.41, 5.74) is 8.22. The predicted molar refractivity (Wildman–Crippen MR) is 45.9 cm³/mol. The number of nitrogens with zero attached hydrogens (tertiary/aromatic N) is 1. The van der Waals surface area contributed by atoms with Gasteiger partial charge in [-0.1, -0.05) is 0 Å². The molecule has 66 valence electrons. The lowest BCUT2D eigenvalue weighted by atomic mass is 10.2. The molecule has 0 saturated carbocycles. The molecule has 0 amide bonds. The third-order valence-electron chi connectivity index (χ3n) is 2.05. The Hall–Kier alpha value is -1.75. The number of benzene rings is 1. The molecular weight excluding hydrogens is 170 g/mol. The Morgan fingerprint density at radius 1 is 1.46 bits per heavy atom. The molecule has 0 fully saturated rings. The second-order valence-electron chi connectivity index (χ2n) is 2.94. The number of rotatable bonds is 0. The van der Waals surface area contributed by atoms with Gasteiger partial charge in [0.1, 0.15) is 6.61 Å². The van der Waals surface area contributed by atoms with Gasteiger partial charge in [0.2, 0.25) is 0 Å². The number of fused-ring (bicyclic) bond motifs is 2. The van der Waals surface area contributed by atoms with Crippen molar-refractivity contribution in [1.82, 2.24) is 9.97 Å². The quantitative estimate of drug-likeness (QED) is 0.588. The first-order valence-electron chi connectivity index (χ1n) is 3.90. The molecule has 2 aromatic rings. The average Bonchev–Trinajstić information content (AvgIpc) is 2.63. The van der Waals surface area contributed by atoms with Crippen molar-refractivity contribution in [3.8, 4) is 5.75 Å². The van der Waals surface area contributed by atoms with E-state index in [0.717, 1.165) is 22.3 Å². The van der Waals surface area contributed by atoms with Crippen molar-refractivity contribution in [3.05, 3.63) is 17.7 Å². The van der Waals surface area contributed by atoms with Gasteiger partial charge in [0, 0.05) is 11.6 Å². The number of hydrogen-bond donors (Lipinski definition) is 2. The molecule has 3 N–H and O–H groups in total. The molecule has 1 aromatic carbocycles. The van der Waals surface area contributed by atoms with Gasteiger partial charge in [-0.25, -0.2) is 4.98 Å². The number of aromatic amines is 1. The van der Waals surface area contributed by atoms with Crippen LogP contribution in [0.2, 0.25) is 0 Å². The van der Waals surface area contributed by atoms with Gasteiger partial charge in [0.05, 0.1) is 11.0 Å². The molecule has 0 unspecified atom stereocenters. The van der Waals surface area contributed by atoms with Crippen molar-refractivity contribution in [2.45, 2.75) is 6.61 Å². The number of anilines is 1. The first-order chi connectivity index (χ1) is 6.33. The molecule has 0 radical (unpaired) electrons. The van der Waals surface area contributed by atoms with E-state index >= 15 is 0 Å². The molecule has 0 bridgehead atoms. The highest BCUT2D eigenvalue weighted by molar-refractivity contribution is 5.80. The van der Waals surface area contributed by atoms with Crippen LogP contribution < -0.4 is 10.6 Å². The monoisotopic (exact) mass is 177 g/mol. The van der Waals surface area contributed by atoms with Crippen LogP contribution in [-0.2, 0) is 11.5 Å². The maximum absolute atomic E-state index is 5.51. The van der Waals surface area contributed by atoms with E-state index in [-0.39, 0.29) is 0 Å². The summed E-state index contributed by atoms with van der Waals surface area (Å²) in [6.07, 6.45) is 0. The molecule has 1 aliphatic rings. The summed E-state index contributed by atoms with van der Waals surface area (Å²) >= 11 is 0. The first kappa shape index (κ1) is 6.73. The maximum atomic E-state index is 5.51. The standard InChI is InChI=1S/C8H7N3O2/c9-8-10-5-1-4-3-12-13-7(4)2-6(5)11-8/h1-2H,3H2,(H3,9,10,11). The van der Waals surface area contributed by atoms with E-state index in [0.29, 0.717) is 12.6 Å². The molecular formula is C8H7N3O2. The molecule has 2 heterocycles. The molecule has 0 spiro atoms. The van der Waals surface area contributed by atoms with Gasteiger partial charge >= 0.3 is 0 Å². The van der Waals surface area contributed by atoms with Crippen LogP contribution in [0.3, 0.4) is 0 Å². The van der Waals surface area contributed by atoms with Gasteiger partial charge in [-0.2, -0.15) is 4.89 Å². The normalized spacial score (nSPS) is 14.5. The average molecular weight is 177 g/mol.